The van der Waals surface area contributed by atoms with E-state index in [9.17, 15) is 4.79 Å². The van der Waals surface area contributed by atoms with E-state index in [1.165, 1.54) is 25.7 Å². The molecule has 0 aliphatic heterocycles. The maximum atomic E-state index is 11.7. The van der Waals surface area contributed by atoms with E-state index in [2.05, 4.69) is 10.3 Å². The van der Waals surface area contributed by atoms with Crippen molar-refractivity contribution in [2.45, 2.75) is 44.7 Å². The first-order chi connectivity index (χ1) is 8.27. The standard InChI is InChI=1S/C12H18IN3O/c13-11-8-14-9-16(12(11)17)7-3-6-15-10-4-1-2-5-10/h8-10,15H,1-7H2. The van der Waals surface area contributed by atoms with Gasteiger partial charge >= 0.3 is 0 Å². The number of aromatic nitrogens is 2. The van der Waals surface area contributed by atoms with Crippen molar-refractivity contribution in [3.8, 4) is 0 Å². The van der Waals surface area contributed by atoms with Crippen molar-refractivity contribution >= 4 is 22.6 Å². The highest BCUT2D eigenvalue weighted by Gasteiger charge is 2.13. The highest BCUT2D eigenvalue weighted by atomic mass is 127. The fourth-order valence-corrected chi connectivity index (χ4v) is 2.74. The third-order valence-corrected chi connectivity index (χ3v) is 3.96. The molecule has 4 nitrogen and oxygen atoms in total. The fraction of sp³-hybridized carbons (Fsp3) is 0.667. The zero-order valence-corrected chi connectivity index (χ0v) is 12.0. The highest BCUT2D eigenvalue weighted by Crippen LogP contribution is 2.17. The summed E-state index contributed by atoms with van der Waals surface area (Å²) in [4.78, 5) is 15.8. The van der Waals surface area contributed by atoms with Crippen LogP contribution >= 0.6 is 22.6 Å². The van der Waals surface area contributed by atoms with Crippen LogP contribution in [0.2, 0.25) is 0 Å². The predicted molar refractivity (Wildman–Crippen MR) is 76.1 cm³/mol. The Bertz CT molecular complexity index is 412. The molecule has 1 N–H and O–H groups in total. The van der Waals surface area contributed by atoms with Crippen LogP contribution in [0.1, 0.15) is 32.1 Å². The van der Waals surface area contributed by atoms with Crippen molar-refractivity contribution in [2.24, 2.45) is 0 Å². The first-order valence-corrected chi connectivity index (χ1v) is 7.28. The Morgan fingerprint density at radius 1 is 1.47 bits per heavy atom. The van der Waals surface area contributed by atoms with Crippen molar-refractivity contribution in [2.75, 3.05) is 6.54 Å². The maximum absolute atomic E-state index is 11.7. The van der Waals surface area contributed by atoms with E-state index in [-0.39, 0.29) is 5.56 Å². The number of rotatable bonds is 5. The van der Waals surface area contributed by atoms with Gasteiger partial charge < -0.3 is 5.32 Å². The van der Waals surface area contributed by atoms with Crippen LogP contribution in [-0.2, 0) is 6.54 Å². The summed E-state index contributed by atoms with van der Waals surface area (Å²) in [5.74, 6) is 0. The minimum atomic E-state index is 0.0708. The molecule has 0 amide bonds. The number of aryl methyl sites for hydroxylation is 1. The molecule has 1 saturated carbocycles. The summed E-state index contributed by atoms with van der Waals surface area (Å²) in [6, 6.07) is 0.709. The van der Waals surface area contributed by atoms with E-state index in [1.54, 1.807) is 17.1 Å². The zero-order valence-electron chi connectivity index (χ0n) is 9.86. The molecule has 5 heteroatoms. The van der Waals surface area contributed by atoms with Crippen LogP contribution in [0.4, 0.5) is 0 Å². The predicted octanol–water partition coefficient (Wildman–Crippen LogP) is 1.77. The minimum Gasteiger partial charge on any atom is -0.314 e. The second-order valence-electron chi connectivity index (χ2n) is 4.53. The van der Waals surface area contributed by atoms with Crippen LogP contribution in [0.5, 0.6) is 0 Å². The smallest absolute Gasteiger partial charge is 0.266 e. The lowest BCUT2D eigenvalue weighted by molar-refractivity contribution is 0.490. The van der Waals surface area contributed by atoms with Gasteiger partial charge in [0.25, 0.3) is 5.56 Å². The number of hydrogen-bond donors (Lipinski definition) is 1. The highest BCUT2D eigenvalue weighted by molar-refractivity contribution is 14.1. The molecule has 1 aromatic rings. The monoisotopic (exact) mass is 347 g/mol. The van der Waals surface area contributed by atoms with E-state index >= 15 is 0 Å². The SMILES string of the molecule is O=c1c(I)cncn1CCCNC1CCCC1. The molecular formula is C12H18IN3O. The molecule has 0 saturated heterocycles. The minimum absolute atomic E-state index is 0.0708. The van der Waals surface area contributed by atoms with Crippen LogP contribution in [-0.4, -0.2) is 22.1 Å². The lowest BCUT2D eigenvalue weighted by Gasteiger charge is -2.11. The van der Waals surface area contributed by atoms with E-state index in [0.29, 0.717) is 9.61 Å². The molecule has 17 heavy (non-hydrogen) atoms. The maximum Gasteiger partial charge on any atom is 0.266 e. The van der Waals surface area contributed by atoms with Gasteiger partial charge in [0.05, 0.1) is 9.90 Å². The number of nitrogens with zero attached hydrogens (tertiary/aromatic N) is 2. The Hall–Kier alpha value is -0.430. The van der Waals surface area contributed by atoms with Crippen LogP contribution in [0.25, 0.3) is 0 Å². The molecule has 0 atom stereocenters. The molecule has 0 bridgehead atoms. The van der Waals surface area contributed by atoms with Crippen molar-refractivity contribution in [1.29, 1.82) is 0 Å². The van der Waals surface area contributed by atoms with E-state index in [1.807, 2.05) is 22.6 Å². The van der Waals surface area contributed by atoms with Crippen LogP contribution in [0.3, 0.4) is 0 Å². The average Bonchev–Trinajstić information content (AvgIpc) is 2.83. The Morgan fingerprint density at radius 3 is 3.00 bits per heavy atom. The zero-order chi connectivity index (χ0) is 12.1. The van der Waals surface area contributed by atoms with Gasteiger partial charge in [-0.15, -0.1) is 0 Å². The molecule has 2 rings (SSSR count). The first kappa shape index (κ1) is 13.0. The van der Waals surface area contributed by atoms with Crippen LogP contribution < -0.4 is 10.9 Å². The summed E-state index contributed by atoms with van der Waals surface area (Å²) in [5.41, 5.74) is 0.0708. The number of nitrogens with one attached hydrogen (secondary N) is 1. The van der Waals surface area contributed by atoms with Gasteiger partial charge in [0.2, 0.25) is 0 Å². The molecule has 0 unspecified atom stereocenters. The van der Waals surface area contributed by atoms with Gasteiger partial charge in [-0.1, -0.05) is 12.8 Å². The first-order valence-electron chi connectivity index (χ1n) is 6.20. The average molecular weight is 347 g/mol. The number of halogens is 1. The summed E-state index contributed by atoms with van der Waals surface area (Å²) in [6.45, 7) is 1.74. The number of hydrogen-bond acceptors (Lipinski definition) is 3. The summed E-state index contributed by atoms with van der Waals surface area (Å²) in [6.07, 6.45) is 9.56. The molecule has 1 fully saturated rings. The largest absolute Gasteiger partial charge is 0.314 e. The fourth-order valence-electron chi connectivity index (χ4n) is 2.27. The Kier molecular flexibility index (Phi) is 4.97. The van der Waals surface area contributed by atoms with Gasteiger partial charge in [-0.25, -0.2) is 4.98 Å². The molecule has 1 aliphatic rings. The van der Waals surface area contributed by atoms with Gasteiger partial charge in [-0.05, 0) is 48.4 Å². The van der Waals surface area contributed by atoms with E-state index in [4.69, 9.17) is 0 Å². The summed E-state index contributed by atoms with van der Waals surface area (Å²) in [5, 5.41) is 3.55. The summed E-state index contributed by atoms with van der Waals surface area (Å²) in [7, 11) is 0. The Balaban J connectivity index is 1.74. The summed E-state index contributed by atoms with van der Waals surface area (Å²) >= 11 is 2.03. The summed E-state index contributed by atoms with van der Waals surface area (Å²) < 4.78 is 2.38. The van der Waals surface area contributed by atoms with Crippen molar-refractivity contribution in [1.82, 2.24) is 14.9 Å². The van der Waals surface area contributed by atoms with Crippen molar-refractivity contribution in [3.05, 3.63) is 26.4 Å². The molecule has 94 valence electrons. The third-order valence-electron chi connectivity index (χ3n) is 3.22. The molecule has 0 aromatic carbocycles. The second-order valence-corrected chi connectivity index (χ2v) is 5.69. The van der Waals surface area contributed by atoms with Gasteiger partial charge in [0.15, 0.2) is 0 Å². The van der Waals surface area contributed by atoms with Gasteiger partial charge in [0.1, 0.15) is 0 Å². The normalized spacial score (nSPS) is 16.5. The van der Waals surface area contributed by atoms with E-state index < -0.39 is 0 Å². The van der Waals surface area contributed by atoms with Crippen LogP contribution in [0.15, 0.2) is 17.3 Å². The Morgan fingerprint density at radius 2 is 2.24 bits per heavy atom. The molecular weight excluding hydrogens is 329 g/mol. The van der Waals surface area contributed by atoms with Crippen molar-refractivity contribution in [3.63, 3.8) is 0 Å². The van der Waals surface area contributed by atoms with Crippen molar-refractivity contribution < 1.29 is 0 Å². The quantitative estimate of drug-likeness (QED) is 0.652. The van der Waals surface area contributed by atoms with E-state index in [0.717, 1.165) is 19.5 Å². The van der Waals surface area contributed by atoms with Gasteiger partial charge in [-0.3, -0.25) is 9.36 Å². The molecule has 0 radical (unpaired) electrons. The molecule has 1 aromatic heterocycles. The lowest BCUT2D eigenvalue weighted by atomic mass is 10.2. The molecule has 0 spiro atoms. The Labute approximate surface area is 115 Å². The van der Waals surface area contributed by atoms with Gasteiger partial charge in [-0.2, -0.15) is 0 Å². The van der Waals surface area contributed by atoms with Crippen LogP contribution in [0, 0.1) is 3.57 Å². The second kappa shape index (κ2) is 6.49. The lowest BCUT2D eigenvalue weighted by Crippen LogP contribution is -2.29. The topological polar surface area (TPSA) is 46.9 Å². The molecule has 1 heterocycles. The molecule has 1 aliphatic carbocycles. The van der Waals surface area contributed by atoms with Gasteiger partial charge in [0, 0.05) is 18.8 Å². The third kappa shape index (κ3) is 3.77.